The predicted octanol–water partition coefficient (Wildman–Crippen LogP) is 12.2. The van der Waals surface area contributed by atoms with Gasteiger partial charge in [0.15, 0.2) is 0 Å². The molecule has 2 heteroatoms. The Labute approximate surface area is 280 Å². The SMILES string of the molecule is C1=CCCC(c2ccc(C3=CC=C(n4c5ccccc5c5c6c7ccccc7n(C7C=Cc8ccccc8C7)c6ccc54)CC3)cc2)=C1. The third kappa shape index (κ3) is 4.26. The molecular weight excluding hydrogens is 581 g/mol. The van der Waals surface area contributed by atoms with Gasteiger partial charge in [-0.3, -0.25) is 0 Å². The van der Waals surface area contributed by atoms with E-state index in [4.69, 9.17) is 0 Å². The standard InChI is InChI=1S/C46H36N2/c1-2-10-31(11-3-1)33-18-20-34(21-19-33)35-22-25-37(26-23-35)47-41-16-8-6-14-39(41)45-43(47)28-29-44-46(45)40-15-7-9-17-42(40)48(44)38-27-24-32-12-4-5-13-36(32)30-38/h1-2,4-10,12-22,24-25,27-29,38H,3,11,23,26,30H2. The van der Waals surface area contributed by atoms with Crippen molar-refractivity contribution in [3.05, 3.63) is 168 Å². The predicted molar refractivity (Wildman–Crippen MR) is 205 cm³/mol. The van der Waals surface area contributed by atoms with Crippen LogP contribution in [-0.2, 0) is 6.42 Å². The van der Waals surface area contributed by atoms with Gasteiger partial charge in [-0.1, -0.05) is 121 Å². The van der Waals surface area contributed by atoms with E-state index < -0.39 is 0 Å². The van der Waals surface area contributed by atoms with Crippen molar-refractivity contribution in [1.82, 2.24) is 9.13 Å². The summed E-state index contributed by atoms with van der Waals surface area (Å²) in [6.07, 6.45) is 21.4. The van der Waals surface area contributed by atoms with E-state index in [1.807, 2.05) is 0 Å². The summed E-state index contributed by atoms with van der Waals surface area (Å²) in [5.74, 6) is 0. The molecule has 230 valence electrons. The lowest BCUT2D eigenvalue weighted by Crippen LogP contribution is -2.12. The third-order valence-corrected chi connectivity index (χ3v) is 10.9. The average Bonchev–Trinajstić information content (AvgIpc) is 3.68. The van der Waals surface area contributed by atoms with Gasteiger partial charge in [-0.2, -0.15) is 0 Å². The van der Waals surface area contributed by atoms with Crippen LogP contribution >= 0.6 is 0 Å². The summed E-state index contributed by atoms with van der Waals surface area (Å²) < 4.78 is 5.12. The van der Waals surface area contributed by atoms with Gasteiger partial charge in [0.25, 0.3) is 0 Å². The molecule has 3 aliphatic carbocycles. The van der Waals surface area contributed by atoms with Crippen molar-refractivity contribution in [2.75, 3.05) is 0 Å². The van der Waals surface area contributed by atoms with Crippen LogP contribution in [0.5, 0.6) is 0 Å². The zero-order valence-corrected chi connectivity index (χ0v) is 26.9. The van der Waals surface area contributed by atoms with E-state index >= 15 is 0 Å². The molecule has 1 atom stereocenters. The van der Waals surface area contributed by atoms with Crippen LogP contribution < -0.4 is 0 Å². The van der Waals surface area contributed by atoms with E-state index in [1.54, 1.807) is 0 Å². The first-order valence-electron chi connectivity index (χ1n) is 17.4. The summed E-state index contributed by atoms with van der Waals surface area (Å²) in [7, 11) is 0. The third-order valence-electron chi connectivity index (χ3n) is 10.9. The number of allylic oxidation sites excluding steroid dienone is 9. The molecule has 2 nitrogen and oxygen atoms in total. The van der Waals surface area contributed by atoms with Crippen LogP contribution in [0.2, 0.25) is 0 Å². The fraction of sp³-hybridized carbons (Fsp3) is 0.130. The van der Waals surface area contributed by atoms with Crippen LogP contribution in [0.3, 0.4) is 0 Å². The second-order valence-corrected chi connectivity index (χ2v) is 13.5. The van der Waals surface area contributed by atoms with Gasteiger partial charge in [0.05, 0.1) is 22.6 Å². The number of benzene rings is 5. The second-order valence-electron chi connectivity index (χ2n) is 13.5. The summed E-state index contributed by atoms with van der Waals surface area (Å²) >= 11 is 0. The molecule has 0 N–H and O–H groups in total. The maximum Gasteiger partial charge on any atom is 0.0566 e. The molecule has 1 unspecified atom stereocenters. The van der Waals surface area contributed by atoms with Crippen molar-refractivity contribution in [1.29, 1.82) is 0 Å². The lowest BCUT2D eigenvalue weighted by Gasteiger charge is -2.23. The minimum Gasteiger partial charge on any atom is -0.333 e. The Balaban J connectivity index is 1.11. The lowest BCUT2D eigenvalue weighted by atomic mass is 9.92. The van der Waals surface area contributed by atoms with E-state index in [1.165, 1.54) is 82.7 Å². The van der Waals surface area contributed by atoms with E-state index in [0.717, 1.165) is 32.1 Å². The maximum atomic E-state index is 2.59. The van der Waals surface area contributed by atoms with Crippen molar-refractivity contribution in [3.8, 4) is 0 Å². The Bertz CT molecular complexity index is 2570. The molecule has 3 aliphatic rings. The first-order valence-corrected chi connectivity index (χ1v) is 17.4. The Morgan fingerprint density at radius 3 is 2.00 bits per heavy atom. The van der Waals surface area contributed by atoms with E-state index in [9.17, 15) is 0 Å². The Hall–Kier alpha value is -5.60. The van der Waals surface area contributed by atoms with E-state index in [0.29, 0.717) is 0 Å². The van der Waals surface area contributed by atoms with Crippen LogP contribution in [0, 0.1) is 0 Å². The molecular formula is C46H36N2. The van der Waals surface area contributed by atoms with E-state index in [2.05, 4.69) is 161 Å². The molecule has 48 heavy (non-hydrogen) atoms. The van der Waals surface area contributed by atoms with Crippen LogP contribution in [0.1, 0.15) is 54.0 Å². The second kappa shape index (κ2) is 11.0. The first-order chi connectivity index (χ1) is 23.8. The average molecular weight is 617 g/mol. The number of aromatic nitrogens is 2. The molecule has 0 amide bonds. The minimum atomic E-state index is 0.267. The highest BCUT2D eigenvalue weighted by Crippen LogP contribution is 2.44. The summed E-state index contributed by atoms with van der Waals surface area (Å²) in [6.45, 7) is 0. The largest absolute Gasteiger partial charge is 0.333 e. The molecule has 0 spiro atoms. The van der Waals surface area contributed by atoms with Crippen molar-refractivity contribution >= 4 is 66.5 Å². The number of hydrogen-bond acceptors (Lipinski definition) is 0. The van der Waals surface area contributed by atoms with Gasteiger partial charge >= 0.3 is 0 Å². The van der Waals surface area contributed by atoms with Crippen molar-refractivity contribution < 1.29 is 0 Å². The van der Waals surface area contributed by atoms with Gasteiger partial charge in [0.1, 0.15) is 0 Å². The zero-order chi connectivity index (χ0) is 31.6. The number of fused-ring (bicyclic) bond motifs is 8. The van der Waals surface area contributed by atoms with Crippen molar-refractivity contribution in [2.45, 2.75) is 38.1 Å². The van der Waals surface area contributed by atoms with Gasteiger partial charge in [0, 0.05) is 32.8 Å². The molecule has 0 radical (unpaired) electrons. The van der Waals surface area contributed by atoms with Gasteiger partial charge in [-0.05, 0) is 95.8 Å². The summed E-state index contributed by atoms with van der Waals surface area (Å²) in [5, 5.41) is 5.37. The molecule has 2 aromatic heterocycles. The highest BCUT2D eigenvalue weighted by Gasteiger charge is 2.24. The van der Waals surface area contributed by atoms with Gasteiger partial charge in [-0.25, -0.2) is 0 Å². The molecule has 7 aromatic rings. The van der Waals surface area contributed by atoms with Crippen LogP contribution in [0.15, 0.2) is 146 Å². The number of rotatable bonds is 4. The summed E-state index contributed by atoms with van der Waals surface area (Å²) in [4.78, 5) is 0. The lowest BCUT2D eigenvalue weighted by molar-refractivity contribution is 0.636. The number of para-hydroxylation sites is 2. The van der Waals surface area contributed by atoms with E-state index in [-0.39, 0.29) is 6.04 Å². The van der Waals surface area contributed by atoms with Crippen molar-refractivity contribution in [3.63, 3.8) is 0 Å². The fourth-order valence-electron chi connectivity index (χ4n) is 8.58. The molecule has 0 aliphatic heterocycles. The highest BCUT2D eigenvalue weighted by atomic mass is 15.0. The normalized spacial score (nSPS) is 17.6. The van der Waals surface area contributed by atoms with Crippen molar-refractivity contribution in [2.24, 2.45) is 0 Å². The molecule has 0 saturated heterocycles. The number of hydrogen-bond donors (Lipinski definition) is 0. The maximum absolute atomic E-state index is 2.59. The summed E-state index contributed by atoms with van der Waals surface area (Å²) in [6, 6.07) is 41.1. The molecule has 10 rings (SSSR count). The Kier molecular flexibility index (Phi) is 6.30. The number of nitrogens with zero attached hydrogens (tertiary/aromatic N) is 2. The van der Waals surface area contributed by atoms with Crippen LogP contribution in [0.25, 0.3) is 66.5 Å². The van der Waals surface area contributed by atoms with Gasteiger partial charge in [0.2, 0.25) is 0 Å². The molecule has 2 heterocycles. The topological polar surface area (TPSA) is 9.86 Å². The molecule has 5 aromatic carbocycles. The molecule has 0 bridgehead atoms. The summed E-state index contributed by atoms with van der Waals surface area (Å²) in [5.41, 5.74) is 14.8. The zero-order valence-electron chi connectivity index (χ0n) is 26.9. The molecule has 0 saturated carbocycles. The van der Waals surface area contributed by atoms with Gasteiger partial charge in [-0.15, -0.1) is 0 Å². The quantitative estimate of drug-likeness (QED) is 0.186. The van der Waals surface area contributed by atoms with Gasteiger partial charge < -0.3 is 9.13 Å². The highest BCUT2D eigenvalue weighted by molar-refractivity contribution is 6.28. The minimum absolute atomic E-state index is 0.267. The Morgan fingerprint density at radius 1 is 0.542 bits per heavy atom. The smallest absolute Gasteiger partial charge is 0.0566 e. The molecule has 0 fully saturated rings. The van der Waals surface area contributed by atoms with Crippen LogP contribution in [-0.4, -0.2) is 9.13 Å². The first kappa shape index (κ1) is 27.5. The van der Waals surface area contributed by atoms with Crippen LogP contribution in [0.4, 0.5) is 0 Å². The fourth-order valence-corrected chi connectivity index (χ4v) is 8.58. The Morgan fingerprint density at radius 2 is 1.23 bits per heavy atom. The monoisotopic (exact) mass is 616 g/mol.